The van der Waals surface area contributed by atoms with Gasteiger partial charge in [-0.05, 0) is 48.4 Å². The molecule has 0 bridgehead atoms. The van der Waals surface area contributed by atoms with Crippen LogP contribution in [-0.2, 0) is 6.54 Å². The second kappa shape index (κ2) is 6.09. The van der Waals surface area contributed by atoms with Crippen molar-refractivity contribution in [3.05, 3.63) is 63.6 Å². The summed E-state index contributed by atoms with van der Waals surface area (Å²) in [5, 5.41) is 0. The molecule has 0 aromatic heterocycles. The third-order valence-electron chi connectivity index (χ3n) is 3.17. The first-order valence-corrected chi connectivity index (χ1v) is 7.12. The van der Waals surface area contributed by atoms with Crippen molar-refractivity contribution in [1.29, 1.82) is 0 Å². The van der Waals surface area contributed by atoms with Gasteiger partial charge in [-0.25, -0.2) is 0 Å². The first kappa shape index (κ1) is 14.6. The van der Waals surface area contributed by atoms with Gasteiger partial charge in [-0.1, -0.05) is 28.1 Å². The topological polar surface area (TPSA) is 46.3 Å². The van der Waals surface area contributed by atoms with Gasteiger partial charge >= 0.3 is 0 Å². The number of aryl methyl sites for hydroxylation is 1. The normalized spacial score (nSPS) is 10.3. The average Bonchev–Trinajstić information content (AvgIpc) is 2.41. The predicted molar refractivity (Wildman–Crippen MR) is 85.5 cm³/mol. The van der Waals surface area contributed by atoms with E-state index in [2.05, 4.69) is 15.9 Å². The van der Waals surface area contributed by atoms with Gasteiger partial charge in [0.1, 0.15) is 0 Å². The zero-order valence-corrected chi connectivity index (χ0v) is 13.1. The highest BCUT2D eigenvalue weighted by Gasteiger charge is 2.12. The van der Waals surface area contributed by atoms with Crippen molar-refractivity contribution in [3.8, 4) is 0 Å². The van der Waals surface area contributed by atoms with Crippen molar-refractivity contribution in [2.24, 2.45) is 0 Å². The van der Waals surface area contributed by atoms with Crippen molar-refractivity contribution in [2.45, 2.75) is 13.5 Å². The molecule has 0 unspecified atom stereocenters. The number of nitrogens with zero attached hydrogens (tertiary/aromatic N) is 1. The van der Waals surface area contributed by atoms with E-state index < -0.39 is 0 Å². The highest BCUT2D eigenvalue weighted by atomic mass is 79.9. The Hall–Kier alpha value is -1.81. The molecule has 0 fully saturated rings. The Morgan fingerprint density at radius 1 is 1.25 bits per heavy atom. The fourth-order valence-electron chi connectivity index (χ4n) is 2.01. The maximum Gasteiger partial charge on any atom is 0.253 e. The molecule has 0 saturated heterocycles. The van der Waals surface area contributed by atoms with Gasteiger partial charge in [0.25, 0.3) is 5.91 Å². The lowest BCUT2D eigenvalue weighted by Gasteiger charge is -2.18. The lowest BCUT2D eigenvalue weighted by Crippen LogP contribution is -2.26. The maximum atomic E-state index is 12.4. The van der Waals surface area contributed by atoms with Crippen LogP contribution >= 0.6 is 15.9 Å². The lowest BCUT2D eigenvalue weighted by atomic mass is 10.1. The summed E-state index contributed by atoms with van der Waals surface area (Å²) in [7, 11) is 1.80. The molecular formula is C16H17BrN2O. The smallest absolute Gasteiger partial charge is 0.253 e. The minimum atomic E-state index is -0.00641. The number of hydrogen-bond donors (Lipinski definition) is 1. The van der Waals surface area contributed by atoms with Crippen LogP contribution < -0.4 is 5.73 Å². The van der Waals surface area contributed by atoms with E-state index >= 15 is 0 Å². The Morgan fingerprint density at radius 3 is 2.65 bits per heavy atom. The molecule has 0 saturated carbocycles. The fourth-order valence-corrected chi connectivity index (χ4v) is 2.46. The number of benzene rings is 2. The molecule has 0 heterocycles. The lowest BCUT2D eigenvalue weighted by molar-refractivity contribution is 0.0785. The zero-order valence-electron chi connectivity index (χ0n) is 11.6. The summed E-state index contributed by atoms with van der Waals surface area (Å²) < 4.78 is 1.01. The molecule has 2 aromatic rings. The summed E-state index contributed by atoms with van der Waals surface area (Å²) in [4.78, 5) is 14.1. The standard InChI is InChI=1S/C16H17BrN2O/c1-11-8-13(6-7-15(11)18)16(20)19(2)10-12-4-3-5-14(17)9-12/h3-9H,10,18H2,1-2H3. The second-order valence-electron chi connectivity index (χ2n) is 4.86. The Balaban J connectivity index is 2.14. The molecule has 0 radical (unpaired) electrons. The molecule has 0 aliphatic carbocycles. The number of amides is 1. The molecule has 3 nitrogen and oxygen atoms in total. The minimum absolute atomic E-state index is 0.00641. The number of nitrogen functional groups attached to an aromatic ring is 1. The van der Waals surface area contributed by atoms with Gasteiger partial charge in [0, 0.05) is 29.3 Å². The van der Waals surface area contributed by atoms with E-state index in [1.807, 2.05) is 37.3 Å². The first-order valence-electron chi connectivity index (χ1n) is 6.33. The Kier molecular flexibility index (Phi) is 4.45. The molecule has 1 amide bonds. The number of hydrogen-bond acceptors (Lipinski definition) is 2. The van der Waals surface area contributed by atoms with Crippen molar-refractivity contribution < 1.29 is 4.79 Å². The summed E-state index contributed by atoms with van der Waals surface area (Å²) in [5.41, 5.74) is 9.15. The van der Waals surface area contributed by atoms with Crippen LogP contribution in [0.4, 0.5) is 5.69 Å². The summed E-state index contributed by atoms with van der Waals surface area (Å²) in [6.45, 7) is 2.47. The molecule has 0 aliphatic heterocycles. The molecular weight excluding hydrogens is 316 g/mol. The van der Waals surface area contributed by atoms with Crippen LogP contribution in [0.15, 0.2) is 46.9 Å². The van der Waals surface area contributed by atoms with Crippen molar-refractivity contribution in [2.75, 3.05) is 12.8 Å². The van der Waals surface area contributed by atoms with Crippen LogP contribution in [0.5, 0.6) is 0 Å². The van der Waals surface area contributed by atoms with E-state index in [0.29, 0.717) is 17.8 Å². The van der Waals surface area contributed by atoms with E-state index in [0.717, 1.165) is 15.6 Å². The van der Waals surface area contributed by atoms with Crippen LogP contribution in [0, 0.1) is 6.92 Å². The number of nitrogens with two attached hydrogens (primary N) is 1. The summed E-state index contributed by atoms with van der Waals surface area (Å²) in [6.07, 6.45) is 0. The zero-order chi connectivity index (χ0) is 14.7. The molecule has 104 valence electrons. The number of carbonyl (C=O) groups is 1. The molecule has 0 spiro atoms. The SMILES string of the molecule is Cc1cc(C(=O)N(C)Cc2cccc(Br)c2)ccc1N. The van der Waals surface area contributed by atoms with Gasteiger partial charge in [0.2, 0.25) is 0 Å². The van der Waals surface area contributed by atoms with Gasteiger partial charge < -0.3 is 10.6 Å². The van der Waals surface area contributed by atoms with Gasteiger partial charge in [-0.2, -0.15) is 0 Å². The summed E-state index contributed by atoms with van der Waals surface area (Å²) in [6, 6.07) is 13.3. The largest absolute Gasteiger partial charge is 0.399 e. The van der Waals surface area contributed by atoms with Gasteiger partial charge in [-0.15, -0.1) is 0 Å². The molecule has 0 atom stereocenters. The first-order chi connectivity index (χ1) is 9.47. The summed E-state index contributed by atoms with van der Waals surface area (Å²) in [5.74, 6) is -0.00641. The Labute approximate surface area is 127 Å². The van der Waals surface area contributed by atoms with Crippen LogP contribution in [0.25, 0.3) is 0 Å². The highest BCUT2D eigenvalue weighted by molar-refractivity contribution is 9.10. The third-order valence-corrected chi connectivity index (χ3v) is 3.67. The molecule has 2 aromatic carbocycles. The van der Waals surface area contributed by atoms with Crippen molar-refractivity contribution in [1.82, 2.24) is 4.90 Å². The third kappa shape index (κ3) is 3.39. The monoisotopic (exact) mass is 332 g/mol. The van der Waals surface area contributed by atoms with Crippen molar-refractivity contribution >= 4 is 27.5 Å². The second-order valence-corrected chi connectivity index (χ2v) is 5.78. The highest BCUT2D eigenvalue weighted by Crippen LogP contribution is 2.16. The molecule has 0 aliphatic rings. The van der Waals surface area contributed by atoms with Crippen LogP contribution in [0.3, 0.4) is 0 Å². The van der Waals surface area contributed by atoms with Crippen LogP contribution in [0.1, 0.15) is 21.5 Å². The number of rotatable bonds is 3. The predicted octanol–water partition coefficient (Wildman–Crippen LogP) is 3.61. The van der Waals surface area contributed by atoms with E-state index in [4.69, 9.17) is 5.73 Å². The number of halogens is 1. The van der Waals surface area contributed by atoms with E-state index in [1.54, 1.807) is 24.1 Å². The molecule has 2 N–H and O–H groups in total. The minimum Gasteiger partial charge on any atom is -0.399 e. The summed E-state index contributed by atoms with van der Waals surface area (Å²) >= 11 is 3.43. The van der Waals surface area contributed by atoms with Crippen molar-refractivity contribution in [3.63, 3.8) is 0 Å². The molecule has 2 rings (SSSR count). The average molecular weight is 333 g/mol. The van der Waals surface area contributed by atoms with Crippen LogP contribution in [0.2, 0.25) is 0 Å². The van der Waals surface area contributed by atoms with Gasteiger partial charge in [-0.3, -0.25) is 4.79 Å². The Bertz CT molecular complexity index is 640. The molecule has 4 heteroatoms. The van der Waals surface area contributed by atoms with E-state index in [1.165, 1.54) is 0 Å². The fraction of sp³-hybridized carbons (Fsp3) is 0.188. The van der Waals surface area contributed by atoms with Gasteiger partial charge in [0.05, 0.1) is 0 Å². The van der Waals surface area contributed by atoms with Crippen LogP contribution in [-0.4, -0.2) is 17.9 Å². The number of anilines is 1. The maximum absolute atomic E-state index is 12.4. The van der Waals surface area contributed by atoms with E-state index in [9.17, 15) is 4.79 Å². The van der Waals surface area contributed by atoms with E-state index in [-0.39, 0.29) is 5.91 Å². The Morgan fingerprint density at radius 2 is 2.00 bits per heavy atom. The quantitative estimate of drug-likeness (QED) is 0.872. The molecule has 20 heavy (non-hydrogen) atoms. The number of carbonyl (C=O) groups excluding carboxylic acids is 1. The van der Waals surface area contributed by atoms with Gasteiger partial charge in [0.15, 0.2) is 0 Å².